The molecule has 2 aliphatic carbocycles. The van der Waals surface area contributed by atoms with Crippen LogP contribution in [-0.2, 0) is 4.79 Å². The molecule has 0 spiro atoms. The first kappa shape index (κ1) is 29.2. The van der Waals surface area contributed by atoms with Crippen molar-refractivity contribution in [3.05, 3.63) is 42.0 Å². The van der Waals surface area contributed by atoms with Gasteiger partial charge in [0.05, 0.1) is 6.04 Å². The Morgan fingerprint density at radius 3 is 2.10 bits per heavy atom. The first-order valence-corrected chi connectivity index (χ1v) is 17.5. The summed E-state index contributed by atoms with van der Waals surface area (Å²) in [5.41, 5.74) is 8.28. The molecule has 1 aromatic carbocycles. The number of hydrogen-bond donors (Lipinski definition) is 2. The van der Waals surface area contributed by atoms with E-state index in [0.717, 1.165) is 30.5 Å². The molecule has 0 bridgehead atoms. The first-order chi connectivity index (χ1) is 19.3. The molecule has 4 unspecified atom stereocenters. The normalized spacial score (nSPS) is 30.4. The van der Waals surface area contributed by atoms with Gasteiger partial charge in [-0.3, -0.25) is 15.6 Å². The van der Waals surface area contributed by atoms with Crippen molar-refractivity contribution < 1.29 is 4.79 Å². The van der Waals surface area contributed by atoms with E-state index in [1.54, 1.807) is 0 Å². The van der Waals surface area contributed by atoms with Crippen molar-refractivity contribution in [2.75, 3.05) is 18.8 Å². The van der Waals surface area contributed by atoms with Crippen molar-refractivity contribution in [1.29, 1.82) is 0 Å². The molecular formula is C34H53N3OS. The van der Waals surface area contributed by atoms with Crippen LogP contribution >= 0.6 is 11.8 Å². The van der Waals surface area contributed by atoms with Gasteiger partial charge >= 0.3 is 0 Å². The SMILES string of the molecule is O=C(/C=C/c1ccccc1)N(CC1CC(C2CCCCCCC2)CS1)C1CNNC1C1CCCCCCCC1. The van der Waals surface area contributed by atoms with E-state index in [0.29, 0.717) is 17.2 Å². The molecule has 0 aromatic heterocycles. The lowest BCUT2D eigenvalue weighted by atomic mass is 9.80. The topological polar surface area (TPSA) is 44.4 Å². The van der Waals surface area contributed by atoms with E-state index in [9.17, 15) is 4.79 Å². The standard InChI is InChI=1S/C34H53N3OS/c38-33(22-21-27-15-9-8-10-16-27)37(25-31-23-30(26-39-31)28-17-11-6-3-7-12-18-28)32-24-35-36-34(32)29-19-13-4-1-2-5-14-20-29/h8-10,15-16,21-22,28-32,34-36H,1-7,11-14,17-20,23-26H2/b22-21+. The van der Waals surface area contributed by atoms with Gasteiger partial charge in [-0.05, 0) is 54.4 Å². The van der Waals surface area contributed by atoms with Gasteiger partial charge < -0.3 is 4.90 Å². The summed E-state index contributed by atoms with van der Waals surface area (Å²) in [5, 5.41) is 0.566. The predicted octanol–water partition coefficient (Wildman–Crippen LogP) is 7.61. The molecule has 1 aromatic rings. The number of benzene rings is 1. The Bertz CT molecular complexity index is 874. The van der Waals surface area contributed by atoms with E-state index < -0.39 is 0 Å². The Kier molecular flexibility index (Phi) is 11.7. The van der Waals surface area contributed by atoms with E-state index >= 15 is 0 Å². The van der Waals surface area contributed by atoms with Crippen LogP contribution in [0.1, 0.15) is 108 Å². The minimum Gasteiger partial charge on any atom is -0.332 e. The molecule has 5 heteroatoms. The largest absolute Gasteiger partial charge is 0.332 e. The van der Waals surface area contributed by atoms with Crippen LogP contribution in [-0.4, -0.2) is 47.0 Å². The third-order valence-corrected chi connectivity index (χ3v) is 11.6. The fraction of sp³-hybridized carbons (Fsp3) is 0.735. The number of carbonyl (C=O) groups is 1. The molecule has 216 valence electrons. The maximum Gasteiger partial charge on any atom is 0.246 e. The summed E-state index contributed by atoms with van der Waals surface area (Å²) in [6.07, 6.45) is 25.9. The van der Waals surface area contributed by atoms with E-state index in [1.807, 2.05) is 30.4 Å². The fourth-order valence-electron chi connectivity index (χ4n) is 7.85. The number of carbonyl (C=O) groups excluding carboxylic acids is 1. The second kappa shape index (κ2) is 15.6. The molecule has 4 nitrogen and oxygen atoms in total. The molecule has 4 atom stereocenters. The minimum absolute atomic E-state index is 0.192. The van der Waals surface area contributed by atoms with Gasteiger partial charge in [0, 0.05) is 30.5 Å². The molecule has 4 fully saturated rings. The Balaban J connectivity index is 1.29. The lowest BCUT2D eigenvalue weighted by Crippen LogP contribution is -2.52. The van der Waals surface area contributed by atoms with Crippen LogP contribution in [0.15, 0.2) is 36.4 Å². The minimum atomic E-state index is 0.192. The van der Waals surface area contributed by atoms with Crippen LogP contribution in [0.5, 0.6) is 0 Å². The number of nitrogens with one attached hydrogen (secondary N) is 2. The van der Waals surface area contributed by atoms with Crippen molar-refractivity contribution in [3.63, 3.8) is 0 Å². The van der Waals surface area contributed by atoms with Crippen molar-refractivity contribution in [2.24, 2.45) is 17.8 Å². The molecule has 4 aliphatic rings. The van der Waals surface area contributed by atoms with Gasteiger partial charge in [0.1, 0.15) is 0 Å². The van der Waals surface area contributed by atoms with Gasteiger partial charge in [-0.1, -0.05) is 114 Å². The monoisotopic (exact) mass is 551 g/mol. The number of hydrogen-bond acceptors (Lipinski definition) is 4. The quantitative estimate of drug-likeness (QED) is 0.342. The lowest BCUT2D eigenvalue weighted by molar-refractivity contribution is -0.128. The van der Waals surface area contributed by atoms with Gasteiger partial charge in [0.2, 0.25) is 5.91 Å². The van der Waals surface area contributed by atoms with Gasteiger partial charge in [0.25, 0.3) is 0 Å². The zero-order chi connectivity index (χ0) is 26.7. The number of amides is 1. The van der Waals surface area contributed by atoms with Crippen LogP contribution < -0.4 is 10.9 Å². The number of nitrogens with zero attached hydrogens (tertiary/aromatic N) is 1. The highest BCUT2D eigenvalue weighted by atomic mass is 32.2. The third-order valence-electron chi connectivity index (χ3n) is 10.1. The van der Waals surface area contributed by atoms with E-state index in [1.165, 1.54) is 108 Å². The predicted molar refractivity (Wildman–Crippen MR) is 166 cm³/mol. The molecule has 39 heavy (non-hydrogen) atoms. The van der Waals surface area contributed by atoms with Gasteiger partial charge in [-0.25, -0.2) is 0 Å². The summed E-state index contributed by atoms with van der Waals surface area (Å²) < 4.78 is 0. The molecule has 2 heterocycles. The van der Waals surface area contributed by atoms with Gasteiger partial charge in [0.15, 0.2) is 0 Å². The summed E-state index contributed by atoms with van der Waals surface area (Å²) in [5.74, 6) is 3.89. The molecule has 1 amide bonds. The van der Waals surface area contributed by atoms with Crippen molar-refractivity contribution in [2.45, 2.75) is 120 Å². The van der Waals surface area contributed by atoms with Crippen LogP contribution in [0.25, 0.3) is 6.08 Å². The lowest BCUT2D eigenvalue weighted by Gasteiger charge is -2.36. The maximum atomic E-state index is 13.9. The summed E-state index contributed by atoms with van der Waals surface area (Å²) >= 11 is 2.16. The number of rotatable bonds is 7. The highest BCUT2D eigenvalue weighted by molar-refractivity contribution is 8.00. The smallest absolute Gasteiger partial charge is 0.246 e. The van der Waals surface area contributed by atoms with Crippen LogP contribution in [0.2, 0.25) is 0 Å². The molecule has 2 saturated carbocycles. The molecule has 0 radical (unpaired) electrons. The van der Waals surface area contributed by atoms with Crippen LogP contribution in [0, 0.1) is 17.8 Å². The summed E-state index contributed by atoms with van der Waals surface area (Å²) in [7, 11) is 0. The fourth-order valence-corrected chi connectivity index (χ4v) is 9.43. The highest BCUT2D eigenvalue weighted by Crippen LogP contribution is 2.41. The molecule has 2 saturated heterocycles. The average molecular weight is 552 g/mol. The summed E-state index contributed by atoms with van der Waals surface area (Å²) in [4.78, 5) is 16.2. The van der Waals surface area contributed by atoms with E-state index in [2.05, 4.69) is 39.6 Å². The number of thioether (sulfide) groups is 1. The average Bonchev–Trinajstić information content (AvgIpc) is 3.62. The zero-order valence-corrected chi connectivity index (χ0v) is 25.0. The van der Waals surface area contributed by atoms with Gasteiger partial charge in [-0.2, -0.15) is 11.8 Å². The molecule has 2 N–H and O–H groups in total. The Hall–Kier alpha value is -1.30. The third kappa shape index (κ3) is 8.60. The zero-order valence-electron chi connectivity index (χ0n) is 24.2. The summed E-state index contributed by atoms with van der Waals surface area (Å²) in [6.45, 7) is 1.75. The molecule has 2 aliphatic heterocycles. The van der Waals surface area contributed by atoms with E-state index in [-0.39, 0.29) is 11.9 Å². The Labute approximate surface area is 242 Å². The van der Waals surface area contributed by atoms with Crippen molar-refractivity contribution in [3.8, 4) is 0 Å². The first-order valence-electron chi connectivity index (χ1n) is 16.4. The maximum absolute atomic E-state index is 13.9. The summed E-state index contributed by atoms with van der Waals surface area (Å²) in [6, 6.07) is 10.9. The second-order valence-electron chi connectivity index (χ2n) is 12.9. The van der Waals surface area contributed by atoms with Gasteiger partial charge in [-0.15, -0.1) is 0 Å². The van der Waals surface area contributed by atoms with Crippen LogP contribution in [0.4, 0.5) is 0 Å². The van der Waals surface area contributed by atoms with Crippen molar-refractivity contribution >= 4 is 23.7 Å². The van der Waals surface area contributed by atoms with E-state index in [4.69, 9.17) is 0 Å². The number of hydrazine groups is 1. The van der Waals surface area contributed by atoms with Crippen LogP contribution in [0.3, 0.4) is 0 Å². The second-order valence-corrected chi connectivity index (χ2v) is 14.2. The Morgan fingerprint density at radius 2 is 1.44 bits per heavy atom. The molecular weight excluding hydrogens is 498 g/mol. The Morgan fingerprint density at radius 1 is 0.821 bits per heavy atom. The van der Waals surface area contributed by atoms with Crippen molar-refractivity contribution in [1.82, 2.24) is 15.8 Å². The molecule has 5 rings (SSSR count). The highest BCUT2D eigenvalue weighted by Gasteiger charge is 2.41.